The lowest BCUT2D eigenvalue weighted by atomic mass is 10.1. The fourth-order valence-electron chi connectivity index (χ4n) is 2.52. The van der Waals surface area contributed by atoms with Gasteiger partial charge >= 0.3 is 6.03 Å². The van der Waals surface area contributed by atoms with Crippen LogP contribution in [0, 0.1) is 0 Å². The van der Waals surface area contributed by atoms with Crippen molar-refractivity contribution in [3.63, 3.8) is 0 Å². The second-order valence-corrected chi connectivity index (χ2v) is 6.75. The Bertz CT molecular complexity index is 870. The summed E-state index contributed by atoms with van der Waals surface area (Å²) >= 11 is 0.468. The van der Waals surface area contributed by atoms with Crippen molar-refractivity contribution < 1.29 is 13.6 Å². The maximum absolute atomic E-state index is 12.3. The zero-order valence-electron chi connectivity index (χ0n) is 14.3. The molecule has 27 heavy (non-hydrogen) atoms. The monoisotopic (exact) mass is 388 g/mol. The standard InChI is InChI=1S/C19H18F2N4OS/c20-18(21)27-17-8-6-16(7-9-17)24-19(26)22-12-14-4-1-2-5-15(14)13-25-11-3-10-23-25/h1-11,18H,12-13H2,(H2,22,24,26). The summed E-state index contributed by atoms with van der Waals surface area (Å²) in [6, 6.07) is 15.6. The van der Waals surface area contributed by atoms with Crippen molar-refractivity contribution in [1.29, 1.82) is 0 Å². The summed E-state index contributed by atoms with van der Waals surface area (Å²) in [6.07, 6.45) is 3.60. The van der Waals surface area contributed by atoms with Crippen LogP contribution >= 0.6 is 11.8 Å². The van der Waals surface area contributed by atoms with E-state index < -0.39 is 5.76 Å². The lowest BCUT2D eigenvalue weighted by molar-refractivity contribution is 0.251. The number of rotatable bonds is 7. The summed E-state index contributed by atoms with van der Waals surface area (Å²) in [4.78, 5) is 12.6. The zero-order chi connectivity index (χ0) is 19.1. The van der Waals surface area contributed by atoms with Crippen molar-refractivity contribution in [2.24, 2.45) is 0 Å². The summed E-state index contributed by atoms with van der Waals surface area (Å²) in [7, 11) is 0. The quantitative estimate of drug-likeness (QED) is 0.583. The number of nitrogens with zero attached hydrogens (tertiary/aromatic N) is 2. The van der Waals surface area contributed by atoms with Gasteiger partial charge in [0, 0.05) is 29.5 Å². The van der Waals surface area contributed by atoms with Crippen LogP contribution in [0.4, 0.5) is 19.3 Å². The lowest BCUT2D eigenvalue weighted by Crippen LogP contribution is -2.28. The Balaban J connectivity index is 1.55. The van der Waals surface area contributed by atoms with Gasteiger partial charge in [-0.2, -0.15) is 13.9 Å². The Hall–Kier alpha value is -2.87. The highest BCUT2D eigenvalue weighted by Gasteiger charge is 2.08. The van der Waals surface area contributed by atoms with Crippen molar-refractivity contribution in [1.82, 2.24) is 15.1 Å². The fraction of sp³-hybridized carbons (Fsp3) is 0.158. The number of carbonyl (C=O) groups excluding carboxylic acids is 1. The highest BCUT2D eigenvalue weighted by atomic mass is 32.2. The van der Waals surface area contributed by atoms with Crippen LogP contribution < -0.4 is 10.6 Å². The van der Waals surface area contributed by atoms with Gasteiger partial charge in [0.25, 0.3) is 5.76 Å². The number of alkyl halides is 2. The number of hydrogen-bond donors (Lipinski definition) is 2. The van der Waals surface area contributed by atoms with Crippen LogP contribution in [-0.2, 0) is 13.1 Å². The van der Waals surface area contributed by atoms with Crippen molar-refractivity contribution in [2.45, 2.75) is 23.7 Å². The fourth-order valence-corrected chi connectivity index (χ4v) is 3.02. The number of thioether (sulfide) groups is 1. The Morgan fingerprint density at radius 2 is 1.81 bits per heavy atom. The van der Waals surface area contributed by atoms with E-state index in [1.165, 1.54) is 0 Å². The van der Waals surface area contributed by atoms with Crippen molar-refractivity contribution >= 4 is 23.5 Å². The first-order valence-corrected chi connectivity index (χ1v) is 9.12. The molecular weight excluding hydrogens is 370 g/mol. The SMILES string of the molecule is O=C(NCc1ccccc1Cn1cccn1)Nc1ccc(SC(F)F)cc1. The molecule has 0 aliphatic carbocycles. The number of amides is 2. The number of benzene rings is 2. The molecule has 2 N–H and O–H groups in total. The average Bonchev–Trinajstić information content (AvgIpc) is 3.15. The van der Waals surface area contributed by atoms with Crippen LogP contribution in [0.1, 0.15) is 11.1 Å². The van der Waals surface area contributed by atoms with Crippen LogP contribution in [0.25, 0.3) is 0 Å². The van der Waals surface area contributed by atoms with Gasteiger partial charge in [0.05, 0.1) is 6.54 Å². The topological polar surface area (TPSA) is 59.0 Å². The van der Waals surface area contributed by atoms with E-state index in [1.54, 1.807) is 30.5 Å². The molecule has 0 unspecified atom stereocenters. The molecule has 2 amide bonds. The second kappa shape index (κ2) is 9.18. The van der Waals surface area contributed by atoms with Gasteiger partial charge in [0.2, 0.25) is 0 Å². The van der Waals surface area contributed by atoms with E-state index in [2.05, 4.69) is 15.7 Å². The average molecular weight is 388 g/mol. The molecule has 0 saturated carbocycles. The van der Waals surface area contributed by atoms with E-state index in [4.69, 9.17) is 0 Å². The molecule has 0 atom stereocenters. The van der Waals surface area contributed by atoms with Gasteiger partial charge in [-0.15, -0.1) is 0 Å². The van der Waals surface area contributed by atoms with Gasteiger partial charge in [-0.05, 0) is 41.5 Å². The van der Waals surface area contributed by atoms with E-state index in [0.717, 1.165) is 11.1 Å². The molecule has 140 valence electrons. The van der Waals surface area contributed by atoms with Gasteiger partial charge in [0.15, 0.2) is 0 Å². The number of carbonyl (C=O) groups is 1. The third-order valence-electron chi connectivity index (χ3n) is 3.79. The molecule has 0 radical (unpaired) electrons. The zero-order valence-corrected chi connectivity index (χ0v) is 15.1. The van der Waals surface area contributed by atoms with Crippen LogP contribution in [0.15, 0.2) is 71.9 Å². The number of hydrogen-bond acceptors (Lipinski definition) is 3. The largest absolute Gasteiger partial charge is 0.334 e. The van der Waals surface area contributed by atoms with E-state index in [0.29, 0.717) is 35.4 Å². The van der Waals surface area contributed by atoms with Crippen LogP contribution in [-0.4, -0.2) is 21.6 Å². The normalized spacial score (nSPS) is 10.8. The Morgan fingerprint density at radius 1 is 1.07 bits per heavy atom. The third kappa shape index (κ3) is 5.82. The minimum absolute atomic E-state index is 0.363. The van der Waals surface area contributed by atoms with E-state index >= 15 is 0 Å². The number of nitrogens with one attached hydrogen (secondary N) is 2. The molecule has 8 heteroatoms. The summed E-state index contributed by atoms with van der Waals surface area (Å²) < 4.78 is 26.5. The predicted octanol–water partition coefficient (Wildman–Crippen LogP) is 4.57. The Kier molecular flexibility index (Phi) is 6.43. The number of aromatic nitrogens is 2. The minimum atomic E-state index is -2.46. The molecule has 3 rings (SSSR count). The van der Waals surface area contributed by atoms with Gasteiger partial charge in [0.1, 0.15) is 0 Å². The molecule has 1 aromatic heterocycles. The Morgan fingerprint density at radius 3 is 2.48 bits per heavy atom. The molecule has 3 aromatic rings. The number of halogens is 2. The van der Waals surface area contributed by atoms with Gasteiger partial charge in [-0.1, -0.05) is 36.0 Å². The van der Waals surface area contributed by atoms with Crippen molar-refractivity contribution in [2.75, 3.05) is 5.32 Å². The molecule has 2 aromatic carbocycles. The summed E-state index contributed by atoms with van der Waals surface area (Å²) in [5.41, 5.74) is 2.60. The van der Waals surface area contributed by atoms with Gasteiger partial charge in [-0.25, -0.2) is 4.79 Å². The summed E-state index contributed by atoms with van der Waals surface area (Å²) in [6.45, 7) is 0.984. The highest BCUT2D eigenvalue weighted by Crippen LogP contribution is 2.26. The molecule has 1 heterocycles. The first-order chi connectivity index (χ1) is 13.1. The highest BCUT2D eigenvalue weighted by molar-refractivity contribution is 7.99. The van der Waals surface area contributed by atoms with Crippen LogP contribution in [0.2, 0.25) is 0 Å². The number of anilines is 1. The maximum atomic E-state index is 12.3. The molecular formula is C19H18F2N4OS. The molecule has 0 aliphatic rings. The third-order valence-corrected chi connectivity index (χ3v) is 4.51. The van der Waals surface area contributed by atoms with Gasteiger partial charge in [-0.3, -0.25) is 4.68 Å². The van der Waals surface area contributed by atoms with E-state index in [1.807, 2.05) is 41.2 Å². The van der Waals surface area contributed by atoms with Crippen molar-refractivity contribution in [3.05, 3.63) is 78.1 Å². The van der Waals surface area contributed by atoms with E-state index in [9.17, 15) is 13.6 Å². The smallest absolute Gasteiger partial charge is 0.319 e. The first-order valence-electron chi connectivity index (χ1n) is 8.24. The van der Waals surface area contributed by atoms with E-state index in [-0.39, 0.29) is 6.03 Å². The summed E-state index contributed by atoms with van der Waals surface area (Å²) in [5.74, 6) is -2.46. The molecule has 0 fully saturated rings. The summed E-state index contributed by atoms with van der Waals surface area (Å²) in [5, 5.41) is 9.70. The molecule has 0 aliphatic heterocycles. The van der Waals surface area contributed by atoms with Gasteiger partial charge < -0.3 is 10.6 Å². The lowest BCUT2D eigenvalue weighted by Gasteiger charge is -2.12. The molecule has 0 spiro atoms. The maximum Gasteiger partial charge on any atom is 0.319 e. The second-order valence-electron chi connectivity index (χ2n) is 5.68. The van der Waals surface area contributed by atoms with Crippen molar-refractivity contribution in [3.8, 4) is 0 Å². The molecule has 0 saturated heterocycles. The predicted molar refractivity (Wildman–Crippen MR) is 102 cm³/mol. The minimum Gasteiger partial charge on any atom is -0.334 e. The number of urea groups is 1. The molecule has 0 bridgehead atoms. The van der Waals surface area contributed by atoms with Crippen LogP contribution in [0.5, 0.6) is 0 Å². The van der Waals surface area contributed by atoms with Crippen LogP contribution in [0.3, 0.4) is 0 Å². The first kappa shape index (κ1) is 18.9. The Labute approximate surface area is 159 Å². The molecule has 5 nitrogen and oxygen atoms in total.